The predicted octanol–water partition coefficient (Wildman–Crippen LogP) is 0.303. The van der Waals surface area contributed by atoms with Gasteiger partial charge in [0.2, 0.25) is 0 Å². The van der Waals surface area contributed by atoms with Crippen molar-refractivity contribution in [3.05, 3.63) is 12.2 Å². The molecule has 0 heterocycles. The van der Waals surface area contributed by atoms with Crippen molar-refractivity contribution in [1.29, 1.82) is 0 Å². The lowest BCUT2D eigenvalue weighted by molar-refractivity contribution is 0.128. The van der Waals surface area contributed by atoms with Crippen LogP contribution < -0.4 is 0 Å². The van der Waals surface area contributed by atoms with Gasteiger partial charge in [-0.2, -0.15) is 0 Å². The molecular weight excluding hydrogens is 156 g/mol. The van der Waals surface area contributed by atoms with E-state index in [1.54, 1.807) is 19.1 Å². The molecule has 0 amide bonds. The van der Waals surface area contributed by atoms with Crippen molar-refractivity contribution in [1.82, 2.24) is 0 Å². The van der Waals surface area contributed by atoms with Gasteiger partial charge in [0.05, 0.1) is 18.8 Å². The van der Waals surface area contributed by atoms with Gasteiger partial charge in [0.1, 0.15) is 0 Å². The van der Waals surface area contributed by atoms with E-state index in [1.807, 2.05) is 6.92 Å². The molecule has 72 valence electrons. The van der Waals surface area contributed by atoms with Gasteiger partial charge in [-0.1, -0.05) is 19.1 Å². The maximum Gasteiger partial charge on any atom is 0.0951 e. The molecule has 0 aliphatic carbocycles. The van der Waals surface area contributed by atoms with Gasteiger partial charge in [-0.15, -0.1) is 0 Å². The highest BCUT2D eigenvalue weighted by Crippen LogP contribution is 2.08. The van der Waals surface area contributed by atoms with Gasteiger partial charge in [-0.25, -0.2) is 0 Å². The first-order valence-corrected chi connectivity index (χ1v) is 4.21. The van der Waals surface area contributed by atoms with E-state index in [0.717, 1.165) is 0 Å². The number of hydrogen-bond donors (Lipinski definition) is 3. The van der Waals surface area contributed by atoms with Crippen LogP contribution in [-0.4, -0.2) is 34.1 Å². The standard InChI is InChI=1S/C9H18O3/c1-7(8(2)11)4-3-5-9(12)6-10/h3,5,7-12H,4,6H2,1-2H3/b5-3+/t7?,8-,9+/m1/s1. The highest BCUT2D eigenvalue weighted by molar-refractivity contribution is 4.89. The summed E-state index contributed by atoms with van der Waals surface area (Å²) in [6.45, 7) is 3.42. The quantitative estimate of drug-likeness (QED) is 0.525. The third-order valence-corrected chi connectivity index (χ3v) is 1.88. The summed E-state index contributed by atoms with van der Waals surface area (Å²) in [5.41, 5.74) is 0. The van der Waals surface area contributed by atoms with E-state index in [4.69, 9.17) is 15.3 Å². The summed E-state index contributed by atoms with van der Waals surface area (Å²) < 4.78 is 0. The van der Waals surface area contributed by atoms with Gasteiger partial charge in [-0.05, 0) is 19.3 Å². The van der Waals surface area contributed by atoms with Gasteiger partial charge >= 0.3 is 0 Å². The smallest absolute Gasteiger partial charge is 0.0951 e. The maximum atomic E-state index is 9.10. The summed E-state index contributed by atoms with van der Waals surface area (Å²) in [5, 5.41) is 26.5. The normalized spacial score (nSPS) is 19.4. The van der Waals surface area contributed by atoms with Crippen molar-refractivity contribution in [2.75, 3.05) is 6.61 Å². The Labute approximate surface area is 73.4 Å². The molecule has 3 atom stereocenters. The molecule has 1 unspecified atom stereocenters. The first-order valence-electron chi connectivity index (χ1n) is 4.21. The molecule has 0 aromatic carbocycles. The van der Waals surface area contributed by atoms with E-state index in [-0.39, 0.29) is 18.6 Å². The Hall–Kier alpha value is -0.380. The number of aliphatic hydroxyl groups excluding tert-OH is 3. The summed E-state index contributed by atoms with van der Waals surface area (Å²) in [4.78, 5) is 0. The SMILES string of the molecule is CC(C/C=C/[C@H](O)CO)[C@@H](C)O. The first-order chi connectivity index (χ1) is 5.57. The molecule has 0 aromatic heterocycles. The Morgan fingerprint density at radius 1 is 1.25 bits per heavy atom. The number of rotatable bonds is 5. The molecule has 3 N–H and O–H groups in total. The summed E-state index contributed by atoms with van der Waals surface area (Å²) >= 11 is 0. The molecule has 0 aromatic rings. The molecule has 12 heavy (non-hydrogen) atoms. The zero-order valence-electron chi connectivity index (χ0n) is 7.64. The Morgan fingerprint density at radius 2 is 1.83 bits per heavy atom. The number of allylic oxidation sites excluding steroid dienone is 1. The van der Waals surface area contributed by atoms with Crippen LogP contribution in [0, 0.1) is 5.92 Å². The Balaban J connectivity index is 3.59. The minimum absolute atomic E-state index is 0.187. The second-order valence-electron chi connectivity index (χ2n) is 3.13. The zero-order valence-corrected chi connectivity index (χ0v) is 7.64. The number of aliphatic hydroxyl groups is 3. The topological polar surface area (TPSA) is 60.7 Å². The van der Waals surface area contributed by atoms with Crippen LogP contribution in [-0.2, 0) is 0 Å². The van der Waals surface area contributed by atoms with E-state index in [1.165, 1.54) is 0 Å². The molecule has 3 nitrogen and oxygen atoms in total. The zero-order chi connectivity index (χ0) is 9.56. The average Bonchev–Trinajstić information content (AvgIpc) is 2.03. The lowest BCUT2D eigenvalue weighted by Gasteiger charge is -2.11. The van der Waals surface area contributed by atoms with Gasteiger partial charge < -0.3 is 15.3 Å². The van der Waals surface area contributed by atoms with Crippen LogP contribution in [0.25, 0.3) is 0 Å². The molecule has 0 saturated heterocycles. The fourth-order valence-electron chi connectivity index (χ4n) is 0.708. The molecule has 0 bridgehead atoms. The van der Waals surface area contributed by atoms with Gasteiger partial charge in [-0.3, -0.25) is 0 Å². The van der Waals surface area contributed by atoms with Crippen LogP contribution in [0.5, 0.6) is 0 Å². The summed E-state index contributed by atoms with van der Waals surface area (Å²) in [6.07, 6.45) is 2.93. The monoisotopic (exact) mass is 174 g/mol. The lowest BCUT2D eigenvalue weighted by atomic mass is 10.0. The largest absolute Gasteiger partial charge is 0.393 e. The molecule has 0 radical (unpaired) electrons. The van der Waals surface area contributed by atoms with Crippen LogP contribution in [0.1, 0.15) is 20.3 Å². The van der Waals surface area contributed by atoms with Crippen molar-refractivity contribution >= 4 is 0 Å². The summed E-state index contributed by atoms with van der Waals surface area (Å²) in [6, 6.07) is 0. The Bertz CT molecular complexity index is 132. The van der Waals surface area contributed by atoms with Crippen molar-refractivity contribution in [3.8, 4) is 0 Å². The fourth-order valence-corrected chi connectivity index (χ4v) is 0.708. The molecule has 0 aliphatic heterocycles. The lowest BCUT2D eigenvalue weighted by Crippen LogP contribution is -2.12. The van der Waals surface area contributed by atoms with Crippen molar-refractivity contribution < 1.29 is 15.3 Å². The van der Waals surface area contributed by atoms with E-state index in [0.29, 0.717) is 6.42 Å². The van der Waals surface area contributed by atoms with Crippen LogP contribution >= 0.6 is 0 Å². The third-order valence-electron chi connectivity index (χ3n) is 1.88. The number of hydrogen-bond acceptors (Lipinski definition) is 3. The van der Waals surface area contributed by atoms with Crippen LogP contribution in [0.4, 0.5) is 0 Å². The minimum atomic E-state index is -0.772. The molecule has 0 saturated carbocycles. The summed E-state index contributed by atoms with van der Waals surface area (Å²) in [7, 11) is 0. The van der Waals surface area contributed by atoms with Crippen LogP contribution in [0.2, 0.25) is 0 Å². The van der Waals surface area contributed by atoms with Crippen molar-refractivity contribution in [3.63, 3.8) is 0 Å². The van der Waals surface area contributed by atoms with Crippen molar-refractivity contribution in [2.24, 2.45) is 5.92 Å². The van der Waals surface area contributed by atoms with Gasteiger partial charge in [0, 0.05) is 0 Å². The van der Waals surface area contributed by atoms with E-state index in [2.05, 4.69) is 0 Å². The van der Waals surface area contributed by atoms with E-state index in [9.17, 15) is 0 Å². The first kappa shape index (κ1) is 11.6. The minimum Gasteiger partial charge on any atom is -0.393 e. The Kier molecular flexibility index (Phi) is 5.98. The van der Waals surface area contributed by atoms with Crippen molar-refractivity contribution in [2.45, 2.75) is 32.5 Å². The molecular formula is C9H18O3. The highest BCUT2D eigenvalue weighted by Gasteiger charge is 2.05. The predicted molar refractivity (Wildman–Crippen MR) is 47.7 cm³/mol. The molecule has 0 fully saturated rings. The highest BCUT2D eigenvalue weighted by atomic mass is 16.3. The van der Waals surface area contributed by atoms with E-state index < -0.39 is 6.10 Å². The second-order valence-corrected chi connectivity index (χ2v) is 3.13. The fraction of sp³-hybridized carbons (Fsp3) is 0.778. The van der Waals surface area contributed by atoms with Gasteiger partial charge in [0.15, 0.2) is 0 Å². The summed E-state index contributed by atoms with van der Waals surface area (Å²) in [5.74, 6) is 0.187. The van der Waals surface area contributed by atoms with Crippen LogP contribution in [0.3, 0.4) is 0 Å². The van der Waals surface area contributed by atoms with Gasteiger partial charge in [0.25, 0.3) is 0 Å². The third kappa shape index (κ3) is 5.29. The maximum absolute atomic E-state index is 9.10. The molecule has 0 spiro atoms. The van der Waals surface area contributed by atoms with Crippen LogP contribution in [0.15, 0.2) is 12.2 Å². The second kappa shape index (κ2) is 6.17. The molecule has 0 rings (SSSR count). The Morgan fingerprint density at radius 3 is 2.25 bits per heavy atom. The van der Waals surface area contributed by atoms with E-state index >= 15 is 0 Å². The molecule has 3 heteroatoms. The average molecular weight is 174 g/mol. The molecule has 0 aliphatic rings.